The topological polar surface area (TPSA) is 105 Å². The molecule has 2 saturated heterocycles. The number of aryl methyl sites for hydroxylation is 1. The maximum Gasteiger partial charge on any atom is 0.234 e. The molecule has 204 valence electrons. The molecule has 2 N–H and O–H groups in total. The van der Waals surface area contributed by atoms with Gasteiger partial charge in [-0.05, 0) is 55.6 Å². The van der Waals surface area contributed by atoms with Crippen LogP contribution in [0, 0.1) is 5.92 Å². The van der Waals surface area contributed by atoms with Crippen molar-refractivity contribution in [3.8, 4) is 11.3 Å². The number of anilines is 1. The molecule has 1 saturated carbocycles. The minimum atomic E-state index is -0.265. The lowest BCUT2D eigenvalue weighted by Crippen LogP contribution is -2.41. The summed E-state index contributed by atoms with van der Waals surface area (Å²) in [5.41, 5.74) is 5.09. The number of aromatic nitrogens is 4. The van der Waals surface area contributed by atoms with Gasteiger partial charge in [0.15, 0.2) is 0 Å². The molecule has 3 aromatic rings. The summed E-state index contributed by atoms with van der Waals surface area (Å²) < 4.78 is 1.94. The molecule has 2 aliphatic heterocycles. The van der Waals surface area contributed by atoms with Crippen LogP contribution >= 0.6 is 11.6 Å². The van der Waals surface area contributed by atoms with Crippen molar-refractivity contribution in [2.24, 2.45) is 13.0 Å². The number of benzene rings is 1. The fourth-order valence-electron chi connectivity index (χ4n) is 5.79. The van der Waals surface area contributed by atoms with Gasteiger partial charge in [0.1, 0.15) is 0 Å². The van der Waals surface area contributed by atoms with Crippen LogP contribution in [0.5, 0.6) is 0 Å². The van der Waals surface area contributed by atoms with Crippen LogP contribution in [0.3, 0.4) is 0 Å². The fourth-order valence-corrected chi connectivity index (χ4v) is 5.98. The molecular formula is C29H34ClN7O2. The number of carbonyl (C=O) groups excluding carboxylic acids is 2. The quantitative estimate of drug-likeness (QED) is 0.409. The Hall–Kier alpha value is -3.30. The second-order valence-electron chi connectivity index (χ2n) is 11.1. The van der Waals surface area contributed by atoms with Gasteiger partial charge in [0.25, 0.3) is 0 Å². The summed E-state index contributed by atoms with van der Waals surface area (Å²) in [7, 11) is 1.98. The third kappa shape index (κ3) is 5.84. The van der Waals surface area contributed by atoms with Gasteiger partial charge in [-0.1, -0.05) is 35.9 Å². The molecule has 0 spiro atoms. The number of nitrogens with one attached hydrogen (secondary N) is 2. The smallest absolute Gasteiger partial charge is 0.234 e. The molecule has 1 aromatic carbocycles. The van der Waals surface area contributed by atoms with E-state index in [1.807, 2.05) is 36.1 Å². The average molecular weight is 548 g/mol. The highest BCUT2D eigenvalue weighted by Crippen LogP contribution is 2.37. The zero-order valence-electron chi connectivity index (χ0n) is 22.2. The van der Waals surface area contributed by atoms with Crippen molar-refractivity contribution in [1.29, 1.82) is 0 Å². The van der Waals surface area contributed by atoms with Crippen molar-refractivity contribution in [3.05, 3.63) is 58.5 Å². The summed E-state index contributed by atoms with van der Waals surface area (Å²) in [6.07, 6.45) is 9.97. The summed E-state index contributed by atoms with van der Waals surface area (Å²) in [5, 5.41) is 11.0. The first-order valence-corrected chi connectivity index (χ1v) is 14.3. The number of likely N-dealkylation sites (tertiary alicyclic amines) is 1. The standard InChI is InChI=1S/C29H34ClN7O2/c1-36-25(14-18-6-7-18)23(15-32-36)27-24(30)16-31-29(35-27)33-20-10-12-37(13-11-20)17-19-4-2-3-5-21(19)22-8-9-26(38)34-28(22)39/h2-5,15-16,18,20,22H,6-14,17H2,1H3,(H,31,33,35)(H,34,38,39). The Kier molecular flexibility index (Phi) is 7.36. The van der Waals surface area contributed by atoms with E-state index in [-0.39, 0.29) is 23.8 Å². The monoisotopic (exact) mass is 547 g/mol. The molecule has 9 nitrogen and oxygen atoms in total. The molecule has 0 bridgehead atoms. The molecule has 2 aromatic heterocycles. The summed E-state index contributed by atoms with van der Waals surface area (Å²) in [5.74, 6) is 0.698. The molecule has 3 aliphatic rings. The summed E-state index contributed by atoms with van der Waals surface area (Å²) in [4.78, 5) is 35.8. The Bertz CT molecular complexity index is 1380. The van der Waals surface area contributed by atoms with E-state index in [1.165, 1.54) is 18.5 Å². The van der Waals surface area contributed by atoms with Crippen molar-refractivity contribution < 1.29 is 9.59 Å². The van der Waals surface area contributed by atoms with Crippen molar-refractivity contribution in [3.63, 3.8) is 0 Å². The van der Waals surface area contributed by atoms with E-state index in [9.17, 15) is 9.59 Å². The zero-order valence-corrected chi connectivity index (χ0v) is 23.0. The summed E-state index contributed by atoms with van der Waals surface area (Å²) in [6.45, 7) is 2.64. The highest BCUT2D eigenvalue weighted by Gasteiger charge is 2.30. The summed E-state index contributed by atoms with van der Waals surface area (Å²) >= 11 is 6.55. The molecule has 0 radical (unpaired) electrons. The third-order valence-electron chi connectivity index (χ3n) is 8.22. The number of piperidine rings is 2. The average Bonchev–Trinajstić information content (AvgIpc) is 3.68. The van der Waals surface area contributed by atoms with E-state index < -0.39 is 0 Å². The Morgan fingerprint density at radius 1 is 1.08 bits per heavy atom. The van der Waals surface area contributed by atoms with E-state index in [0.717, 1.165) is 67.2 Å². The van der Waals surface area contributed by atoms with Crippen LogP contribution < -0.4 is 10.6 Å². The molecule has 39 heavy (non-hydrogen) atoms. The van der Waals surface area contributed by atoms with E-state index in [0.29, 0.717) is 23.8 Å². The molecular weight excluding hydrogens is 514 g/mol. The maximum absolute atomic E-state index is 12.5. The van der Waals surface area contributed by atoms with Gasteiger partial charge >= 0.3 is 0 Å². The van der Waals surface area contributed by atoms with Crippen LogP contribution in [-0.2, 0) is 29.6 Å². The van der Waals surface area contributed by atoms with Crippen molar-refractivity contribution in [1.82, 2.24) is 30.0 Å². The highest BCUT2D eigenvalue weighted by molar-refractivity contribution is 6.33. The van der Waals surface area contributed by atoms with Gasteiger partial charge in [-0.3, -0.25) is 24.5 Å². The van der Waals surface area contributed by atoms with Crippen LogP contribution in [0.15, 0.2) is 36.7 Å². The highest BCUT2D eigenvalue weighted by atomic mass is 35.5. The van der Waals surface area contributed by atoms with E-state index in [4.69, 9.17) is 16.6 Å². The van der Waals surface area contributed by atoms with Gasteiger partial charge in [-0.15, -0.1) is 0 Å². The molecule has 1 aliphatic carbocycles. The largest absolute Gasteiger partial charge is 0.351 e. The van der Waals surface area contributed by atoms with Gasteiger partial charge in [-0.25, -0.2) is 9.97 Å². The third-order valence-corrected chi connectivity index (χ3v) is 8.50. The molecule has 10 heteroatoms. The van der Waals surface area contributed by atoms with Gasteiger partial charge in [0.05, 0.1) is 29.0 Å². The van der Waals surface area contributed by atoms with E-state index >= 15 is 0 Å². The van der Waals surface area contributed by atoms with Crippen LogP contribution in [0.4, 0.5) is 5.95 Å². The number of hydrogen-bond donors (Lipinski definition) is 2. The van der Waals surface area contributed by atoms with Crippen LogP contribution in [0.1, 0.15) is 61.3 Å². The minimum absolute atomic E-state index is 0.181. The Morgan fingerprint density at radius 3 is 2.64 bits per heavy atom. The second-order valence-corrected chi connectivity index (χ2v) is 11.5. The first kappa shape index (κ1) is 26.0. The first-order chi connectivity index (χ1) is 18.9. The number of hydrogen-bond acceptors (Lipinski definition) is 7. The van der Waals surface area contributed by atoms with Crippen LogP contribution in [0.2, 0.25) is 5.02 Å². The Labute approximate surface area is 233 Å². The van der Waals surface area contributed by atoms with Crippen molar-refractivity contribution >= 4 is 29.4 Å². The molecule has 3 fully saturated rings. The number of halogens is 1. The number of rotatable bonds is 8. The summed E-state index contributed by atoms with van der Waals surface area (Å²) in [6, 6.07) is 8.38. The van der Waals surface area contributed by atoms with Crippen LogP contribution in [-0.4, -0.2) is 55.6 Å². The van der Waals surface area contributed by atoms with E-state index in [2.05, 4.69) is 31.7 Å². The number of imide groups is 1. The van der Waals surface area contributed by atoms with Gasteiger partial charge in [0.2, 0.25) is 17.8 Å². The fraction of sp³-hybridized carbons (Fsp3) is 0.483. The predicted molar refractivity (Wildman–Crippen MR) is 149 cm³/mol. The lowest BCUT2D eigenvalue weighted by atomic mass is 9.87. The second kappa shape index (κ2) is 11.1. The number of nitrogens with zero attached hydrogens (tertiary/aromatic N) is 5. The van der Waals surface area contributed by atoms with Crippen molar-refractivity contribution in [2.45, 2.75) is 63.5 Å². The Morgan fingerprint density at radius 2 is 1.87 bits per heavy atom. The Balaban J connectivity index is 1.09. The molecule has 1 atom stereocenters. The van der Waals surface area contributed by atoms with Crippen LogP contribution in [0.25, 0.3) is 11.3 Å². The van der Waals surface area contributed by atoms with Gasteiger partial charge in [0, 0.05) is 50.4 Å². The predicted octanol–water partition coefficient (Wildman–Crippen LogP) is 4.08. The van der Waals surface area contributed by atoms with Gasteiger partial charge < -0.3 is 5.32 Å². The lowest BCUT2D eigenvalue weighted by Gasteiger charge is -2.33. The molecule has 4 heterocycles. The lowest BCUT2D eigenvalue weighted by molar-refractivity contribution is -0.134. The maximum atomic E-state index is 12.5. The normalized spacial score (nSPS) is 20.7. The number of amides is 2. The first-order valence-electron chi connectivity index (χ1n) is 13.9. The van der Waals surface area contributed by atoms with E-state index in [1.54, 1.807) is 6.20 Å². The molecule has 6 rings (SSSR count). The molecule has 1 unspecified atom stereocenters. The number of carbonyl (C=O) groups is 2. The zero-order chi connectivity index (χ0) is 26.9. The van der Waals surface area contributed by atoms with Gasteiger partial charge in [-0.2, -0.15) is 5.10 Å². The minimum Gasteiger partial charge on any atom is -0.351 e. The SMILES string of the molecule is Cn1ncc(-c2nc(NC3CCN(Cc4ccccc4C4CCC(=O)NC4=O)CC3)ncc2Cl)c1CC1CC1. The van der Waals surface area contributed by atoms with Crippen molar-refractivity contribution in [2.75, 3.05) is 18.4 Å². The molecule has 2 amide bonds.